The van der Waals surface area contributed by atoms with Gasteiger partial charge in [-0.1, -0.05) is 18.2 Å². The van der Waals surface area contributed by atoms with E-state index < -0.39 is 0 Å². The Kier molecular flexibility index (Phi) is 5.55. The summed E-state index contributed by atoms with van der Waals surface area (Å²) in [6, 6.07) is 17.7. The molecule has 0 saturated carbocycles. The first-order valence-corrected chi connectivity index (χ1v) is 11.0. The van der Waals surface area contributed by atoms with Crippen molar-refractivity contribution in [2.45, 2.75) is 18.9 Å². The van der Waals surface area contributed by atoms with Gasteiger partial charge in [-0.15, -0.1) is 0 Å². The Morgan fingerprint density at radius 2 is 1.97 bits per heavy atom. The Morgan fingerprint density at radius 1 is 1.18 bits per heavy atom. The lowest BCUT2D eigenvalue weighted by Gasteiger charge is -2.30. The number of rotatable bonds is 5. The number of aromatic nitrogens is 3. The van der Waals surface area contributed by atoms with E-state index in [0.717, 1.165) is 48.1 Å². The van der Waals surface area contributed by atoms with Crippen LogP contribution in [0.25, 0.3) is 22.2 Å². The van der Waals surface area contributed by atoms with Crippen LogP contribution in [-0.2, 0) is 0 Å². The molecule has 1 aliphatic rings. The predicted octanol–water partition coefficient (Wildman–Crippen LogP) is 4.19. The Morgan fingerprint density at radius 3 is 2.73 bits per heavy atom. The summed E-state index contributed by atoms with van der Waals surface area (Å²) in [6.07, 6.45) is 3.93. The average molecular weight is 440 g/mol. The molecule has 5 rings (SSSR count). The molecule has 3 heterocycles. The van der Waals surface area contributed by atoms with Gasteiger partial charge in [-0.2, -0.15) is 10.4 Å². The summed E-state index contributed by atoms with van der Waals surface area (Å²) in [5.41, 5.74) is 4.57. The summed E-state index contributed by atoms with van der Waals surface area (Å²) in [4.78, 5) is 18.2. The molecule has 2 aromatic heterocycles. The lowest BCUT2D eigenvalue weighted by molar-refractivity contribution is 0.102. The Balaban J connectivity index is 1.26. The van der Waals surface area contributed by atoms with E-state index in [2.05, 4.69) is 43.8 Å². The topological polar surface area (TPSA) is 113 Å². The quantitative estimate of drug-likeness (QED) is 0.372. The number of carbonyl (C=O) groups is 1. The third-order valence-corrected chi connectivity index (χ3v) is 6.17. The van der Waals surface area contributed by atoms with E-state index >= 15 is 0 Å². The SMILES string of the molecule is CN1CCC(Nc2ccc(C(=O)Nc3cc(-c4cccc5c(C#N)c[nH]c45)n[nH]3)cc2)CC1. The number of para-hydroxylation sites is 1. The number of likely N-dealkylation sites (tertiary alicyclic amines) is 1. The van der Waals surface area contributed by atoms with Gasteiger partial charge in [-0.3, -0.25) is 9.89 Å². The van der Waals surface area contributed by atoms with E-state index in [0.29, 0.717) is 28.7 Å². The minimum Gasteiger partial charge on any atom is -0.382 e. The minimum atomic E-state index is -0.208. The number of aromatic amines is 2. The second kappa shape index (κ2) is 8.81. The average Bonchev–Trinajstić information content (AvgIpc) is 3.48. The molecule has 4 N–H and O–H groups in total. The molecule has 0 atom stereocenters. The first-order chi connectivity index (χ1) is 16.1. The van der Waals surface area contributed by atoms with Crippen LogP contribution >= 0.6 is 0 Å². The molecule has 0 unspecified atom stereocenters. The number of piperidine rings is 1. The van der Waals surface area contributed by atoms with E-state index in [1.165, 1.54) is 0 Å². The van der Waals surface area contributed by atoms with E-state index in [-0.39, 0.29) is 5.91 Å². The zero-order valence-corrected chi connectivity index (χ0v) is 18.4. The number of carbonyl (C=O) groups excluding carboxylic acids is 1. The van der Waals surface area contributed by atoms with Crippen LogP contribution in [0.2, 0.25) is 0 Å². The summed E-state index contributed by atoms with van der Waals surface area (Å²) < 4.78 is 0. The Hall–Kier alpha value is -4.09. The molecule has 1 fully saturated rings. The fourth-order valence-electron chi connectivity index (χ4n) is 4.28. The van der Waals surface area contributed by atoms with Gasteiger partial charge in [0.15, 0.2) is 0 Å². The molecule has 8 heteroatoms. The molecule has 33 heavy (non-hydrogen) atoms. The van der Waals surface area contributed by atoms with Crippen LogP contribution in [0, 0.1) is 11.3 Å². The second-order valence-electron chi connectivity index (χ2n) is 8.46. The van der Waals surface area contributed by atoms with Crippen LogP contribution in [0.5, 0.6) is 0 Å². The lowest BCUT2D eigenvalue weighted by Crippen LogP contribution is -2.36. The summed E-state index contributed by atoms with van der Waals surface area (Å²) in [7, 11) is 2.15. The van der Waals surface area contributed by atoms with E-state index in [9.17, 15) is 10.1 Å². The van der Waals surface area contributed by atoms with Gasteiger partial charge in [0.1, 0.15) is 11.9 Å². The summed E-state index contributed by atoms with van der Waals surface area (Å²) in [5.74, 6) is 0.300. The van der Waals surface area contributed by atoms with Gasteiger partial charge in [-0.05, 0) is 57.2 Å². The highest BCUT2D eigenvalue weighted by Gasteiger charge is 2.17. The van der Waals surface area contributed by atoms with Gasteiger partial charge in [0, 0.05) is 40.5 Å². The van der Waals surface area contributed by atoms with Crippen molar-refractivity contribution in [1.82, 2.24) is 20.1 Å². The number of H-pyrrole nitrogens is 2. The highest BCUT2D eigenvalue weighted by Crippen LogP contribution is 2.29. The molecule has 0 bridgehead atoms. The largest absolute Gasteiger partial charge is 0.382 e. The van der Waals surface area contributed by atoms with Crippen LogP contribution in [0.4, 0.5) is 11.5 Å². The zero-order valence-electron chi connectivity index (χ0n) is 18.4. The van der Waals surface area contributed by atoms with Crippen molar-refractivity contribution >= 4 is 28.3 Å². The molecular weight excluding hydrogens is 414 g/mol. The number of benzene rings is 2. The second-order valence-corrected chi connectivity index (χ2v) is 8.46. The molecular formula is C25H25N7O. The van der Waals surface area contributed by atoms with Crippen molar-refractivity contribution in [2.75, 3.05) is 30.8 Å². The monoisotopic (exact) mass is 439 g/mol. The normalized spacial score (nSPS) is 14.8. The predicted molar refractivity (Wildman–Crippen MR) is 129 cm³/mol. The number of fused-ring (bicyclic) bond motifs is 1. The summed E-state index contributed by atoms with van der Waals surface area (Å²) in [5, 5.41) is 23.8. The molecule has 1 amide bonds. The van der Waals surface area contributed by atoms with Gasteiger partial charge in [-0.25, -0.2) is 0 Å². The maximum atomic E-state index is 12.7. The smallest absolute Gasteiger partial charge is 0.256 e. The van der Waals surface area contributed by atoms with Crippen molar-refractivity contribution in [3.63, 3.8) is 0 Å². The Bertz CT molecular complexity index is 1320. The maximum absolute atomic E-state index is 12.7. The van der Waals surface area contributed by atoms with Crippen molar-refractivity contribution in [3.05, 3.63) is 65.9 Å². The molecule has 2 aromatic carbocycles. The van der Waals surface area contributed by atoms with Gasteiger partial charge >= 0.3 is 0 Å². The fraction of sp³-hybridized carbons (Fsp3) is 0.240. The number of nitrogens with one attached hydrogen (secondary N) is 4. The van der Waals surface area contributed by atoms with E-state index in [4.69, 9.17) is 0 Å². The summed E-state index contributed by atoms with van der Waals surface area (Å²) >= 11 is 0. The first kappa shape index (κ1) is 20.8. The third kappa shape index (κ3) is 4.31. The summed E-state index contributed by atoms with van der Waals surface area (Å²) in [6.45, 7) is 2.20. The molecule has 0 radical (unpaired) electrons. The van der Waals surface area contributed by atoms with Gasteiger partial charge < -0.3 is 20.5 Å². The van der Waals surface area contributed by atoms with Crippen LogP contribution in [0.1, 0.15) is 28.8 Å². The molecule has 1 saturated heterocycles. The minimum absolute atomic E-state index is 0.208. The molecule has 4 aromatic rings. The molecule has 1 aliphatic heterocycles. The van der Waals surface area contributed by atoms with Gasteiger partial charge in [0.25, 0.3) is 5.91 Å². The Labute approximate surface area is 191 Å². The number of nitrogens with zero attached hydrogens (tertiary/aromatic N) is 3. The number of amides is 1. The van der Waals surface area contributed by atoms with Crippen LogP contribution < -0.4 is 10.6 Å². The lowest BCUT2D eigenvalue weighted by atomic mass is 10.0. The highest BCUT2D eigenvalue weighted by atomic mass is 16.1. The highest BCUT2D eigenvalue weighted by molar-refractivity contribution is 6.04. The van der Waals surface area contributed by atoms with Crippen LogP contribution in [0.3, 0.4) is 0 Å². The number of hydrogen-bond donors (Lipinski definition) is 4. The van der Waals surface area contributed by atoms with E-state index in [1.807, 2.05) is 42.5 Å². The zero-order chi connectivity index (χ0) is 22.8. The maximum Gasteiger partial charge on any atom is 0.256 e. The molecule has 0 aliphatic carbocycles. The van der Waals surface area contributed by atoms with Crippen molar-refractivity contribution in [3.8, 4) is 17.3 Å². The van der Waals surface area contributed by atoms with E-state index in [1.54, 1.807) is 12.3 Å². The third-order valence-electron chi connectivity index (χ3n) is 6.17. The molecule has 166 valence electrons. The number of hydrogen-bond acceptors (Lipinski definition) is 5. The van der Waals surface area contributed by atoms with Crippen LogP contribution in [-0.4, -0.2) is 52.2 Å². The van der Waals surface area contributed by atoms with Gasteiger partial charge in [0.2, 0.25) is 0 Å². The van der Waals surface area contributed by atoms with Crippen LogP contribution in [0.15, 0.2) is 54.7 Å². The molecule has 0 spiro atoms. The molecule has 8 nitrogen and oxygen atoms in total. The fourth-order valence-corrected chi connectivity index (χ4v) is 4.28. The number of nitriles is 1. The first-order valence-electron chi connectivity index (χ1n) is 11.0. The number of anilines is 2. The van der Waals surface area contributed by atoms with Gasteiger partial charge in [0.05, 0.1) is 16.8 Å². The van der Waals surface area contributed by atoms with Crippen molar-refractivity contribution < 1.29 is 4.79 Å². The van der Waals surface area contributed by atoms with Crippen molar-refractivity contribution in [2.24, 2.45) is 0 Å². The standard InChI is InChI=1S/C25H25N7O/c1-32-11-9-19(10-12-32)28-18-7-5-16(6-8-18)25(33)29-23-13-22(30-31-23)21-4-2-3-20-17(14-26)15-27-24(20)21/h2-8,13,15,19,27-28H,9-12H2,1H3,(H2,29,30,31,33). The van der Waals surface area contributed by atoms with Crippen molar-refractivity contribution in [1.29, 1.82) is 5.26 Å².